The zero-order valence-electron chi connectivity index (χ0n) is 12.5. The summed E-state index contributed by atoms with van der Waals surface area (Å²) in [7, 11) is 0. The Labute approximate surface area is 170 Å². The van der Waals surface area contributed by atoms with Crippen LogP contribution in [-0.2, 0) is 4.79 Å². The third-order valence-electron chi connectivity index (χ3n) is 3.30. The fourth-order valence-corrected chi connectivity index (χ4v) is 4.04. The SMILES string of the molecule is O=C(COc1c(Br)cc(Br)c2cccnc12)Nc1ccc(Cl)cc1Cl. The van der Waals surface area contributed by atoms with Gasteiger partial charge in [-0.2, -0.15) is 0 Å². The molecule has 8 heteroatoms. The minimum atomic E-state index is -0.344. The van der Waals surface area contributed by atoms with Crippen LogP contribution in [0.15, 0.2) is 51.5 Å². The van der Waals surface area contributed by atoms with Gasteiger partial charge in [0.05, 0.1) is 15.2 Å². The van der Waals surface area contributed by atoms with E-state index in [1.54, 1.807) is 24.4 Å². The van der Waals surface area contributed by atoms with Gasteiger partial charge in [0.15, 0.2) is 12.4 Å². The molecule has 0 aliphatic heterocycles. The molecule has 25 heavy (non-hydrogen) atoms. The van der Waals surface area contributed by atoms with Crippen molar-refractivity contribution in [2.75, 3.05) is 11.9 Å². The van der Waals surface area contributed by atoms with E-state index in [4.69, 9.17) is 27.9 Å². The summed E-state index contributed by atoms with van der Waals surface area (Å²) in [6.07, 6.45) is 1.67. The number of amides is 1. The lowest BCUT2D eigenvalue weighted by molar-refractivity contribution is -0.118. The number of aromatic nitrogens is 1. The molecule has 3 rings (SSSR count). The molecule has 0 aliphatic carbocycles. The number of rotatable bonds is 4. The van der Waals surface area contributed by atoms with Crippen LogP contribution in [-0.4, -0.2) is 17.5 Å². The van der Waals surface area contributed by atoms with E-state index in [-0.39, 0.29) is 12.5 Å². The maximum atomic E-state index is 12.2. The van der Waals surface area contributed by atoms with Gasteiger partial charge < -0.3 is 10.1 Å². The standard InChI is InChI=1S/C17H10Br2Cl2N2O2/c18-11-7-12(19)17(16-10(11)2-1-5-22-16)25-8-15(24)23-14-4-3-9(20)6-13(14)21/h1-7H,8H2,(H,23,24). The van der Waals surface area contributed by atoms with E-state index < -0.39 is 0 Å². The molecule has 1 heterocycles. The average molecular weight is 505 g/mol. The summed E-state index contributed by atoms with van der Waals surface area (Å²) in [5.41, 5.74) is 1.12. The highest BCUT2D eigenvalue weighted by Crippen LogP contribution is 2.37. The number of hydrogen-bond donors (Lipinski definition) is 1. The van der Waals surface area contributed by atoms with Crippen LogP contribution in [0.1, 0.15) is 0 Å². The topological polar surface area (TPSA) is 51.2 Å². The minimum Gasteiger partial charge on any atom is -0.480 e. The third-order valence-corrected chi connectivity index (χ3v) is 5.10. The third kappa shape index (κ3) is 4.26. The fraction of sp³-hybridized carbons (Fsp3) is 0.0588. The Kier molecular flexibility index (Phi) is 5.84. The lowest BCUT2D eigenvalue weighted by Crippen LogP contribution is -2.20. The van der Waals surface area contributed by atoms with Gasteiger partial charge in [-0.15, -0.1) is 0 Å². The summed E-state index contributed by atoms with van der Waals surface area (Å²) < 4.78 is 7.27. The molecular weight excluding hydrogens is 495 g/mol. The minimum absolute atomic E-state index is 0.190. The normalized spacial score (nSPS) is 10.7. The molecule has 0 atom stereocenters. The summed E-state index contributed by atoms with van der Waals surface area (Å²) in [6.45, 7) is -0.190. The van der Waals surface area contributed by atoms with Gasteiger partial charge in [-0.1, -0.05) is 45.2 Å². The van der Waals surface area contributed by atoms with Crippen molar-refractivity contribution < 1.29 is 9.53 Å². The van der Waals surface area contributed by atoms with Crippen LogP contribution in [0.3, 0.4) is 0 Å². The van der Waals surface area contributed by atoms with E-state index >= 15 is 0 Å². The Morgan fingerprint density at radius 3 is 2.72 bits per heavy atom. The largest absolute Gasteiger partial charge is 0.480 e. The zero-order chi connectivity index (χ0) is 18.0. The number of carbonyl (C=O) groups excluding carboxylic acids is 1. The number of nitrogens with zero attached hydrogens (tertiary/aromatic N) is 1. The Morgan fingerprint density at radius 2 is 1.96 bits per heavy atom. The van der Waals surface area contributed by atoms with E-state index in [9.17, 15) is 4.79 Å². The molecule has 0 saturated heterocycles. The van der Waals surface area contributed by atoms with Crippen molar-refractivity contribution in [1.29, 1.82) is 0 Å². The second-order valence-electron chi connectivity index (χ2n) is 5.03. The van der Waals surface area contributed by atoms with Crippen molar-refractivity contribution in [3.05, 3.63) is 61.6 Å². The smallest absolute Gasteiger partial charge is 0.262 e. The van der Waals surface area contributed by atoms with Crippen LogP contribution < -0.4 is 10.1 Å². The Morgan fingerprint density at radius 1 is 1.16 bits per heavy atom. The lowest BCUT2D eigenvalue weighted by Gasteiger charge is -2.12. The number of fused-ring (bicyclic) bond motifs is 1. The highest BCUT2D eigenvalue weighted by atomic mass is 79.9. The summed E-state index contributed by atoms with van der Waals surface area (Å²) in [5.74, 6) is 0.152. The van der Waals surface area contributed by atoms with Gasteiger partial charge in [0, 0.05) is 21.1 Å². The predicted molar refractivity (Wildman–Crippen MR) is 108 cm³/mol. The number of pyridine rings is 1. The number of halogens is 4. The zero-order valence-corrected chi connectivity index (χ0v) is 17.2. The first-order valence-electron chi connectivity index (χ1n) is 7.06. The van der Waals surface area contributed by atoms with Gasteiger partial charge in [-0.25, -0.2) is 0 Å². The van der Waals surface area contributed by atoms with Gasteiger partial charge in [-0.05, 0) is 46.3 Å². The second-order valence-corrected chi connectivity index (χ2v) is 7.58. The molecule has 128 valence electrons. The van der Waals surface area contributed by atoms with Crippen molar-refractivity contribution in [3.8, 4) is 5.75 Å². The molecule has 0 saturated carbocycles. The van der Waals surface area contributed by atoms with Crippen molar-refractivity contribution >= 4 is 77.6 Å². The molecule has 2 aromatic carbocycles. The van der Waals surface area contributed by atoms with E-state index in [2.05, 4.69) is 42.2 Å². The first kappa shape index (κ1) is 18.5. The molecule has 1 amide bonds. The monoisotopic (exact) mass is 502 g/mol. The van der Waals surface area contributed by atoms with Crippen LogP contribution in [0.25, 0.3) is 10.9 Å². The van der Waals surface area contributed by atoms with Gasteiger partial charge in [-0.3, -0.25) is 9.78 Å². The van der Waals surface area contributed by atoms with Crippen LogP contribution in [0.5, 0.6) is 5.75 Å². The fourth-order valence-electron chi connectivity index (χ4n) is 2.20. The summed E-state index contributed by atoms with van der Waals surface area (Å²) in [4.78, 5) is 16.5. The van der Waals surface area contributed by atoms with E-state index in [0.29, 0.717) is 31.5 Å². The quantitative estimate of drug-likeness (QED) is 0.468. The number of ether oxygens (including phenoxy) is 1. The van der Waals surface area contributed by atoms with Crippen molar-refractivity contribution in [3.63, 3.8) is 0 Å². The second kappa shape index (κ2) is 7.91. The van der Waals surface area contributed by atoms with Crippen molar-refractivity contribution in [1.82, 2.24) is 4.98 Å². The molecule has 1 aromatic heterocycles. The highest BCUT2D eigenvalue weighted by Gasteiger charge is 2.14. The van der Waals surface area contributed by atoms with Crippen molar-refractivity contribution in [2.24, 2.45) is 0 Å². The first-order chi connectivity index (χ1) is 12.0. The number of hydrogen-bond acceptors (Lipinski definition) is 3. The van der Waals surface area contributed by atoms with Gasteiger partial charge >= 0.3 is 0 Å². The van der Waals surface area contributed by atoms with E-state index in [0.717, 1.165) is 9.86 Å². The number of benzene rings is 2. The van der Waals surface area contributed by atoms with Gasteiger partial charge in [0.1, 0.15) is 5.52 Å². The molecule has 0 bridgehead atoms. The molecule has 0 radical (unpaired) electrons. The van der Waals surface area contributed by atoms with E-state index in [1.165, 1.54) is 0 Å². The maximum absolute atomic E-state index is 12.2. The van der Waals surface area contributed by atoms with Crippen LogP contribution in [0.2, 0.25) is 10.0 Å². The maximum Gasteiger partial charge on any atom is 0.262 e. The van der Waals surface area contributed by atoms with Crippen LogP contribution >= 0.6 is 55.1 Å². The molecule has 0 aliphatic rings. The molecule has 3 aromatic rings. The summed E-state index contributed by atoms with van der Waals surface area (Å²) in [6, 6.07) is 10.4. The van der Waals surface area contributed by atoms with E-state index in [1.807, 2.05) is 18.2 Å². The highest BCUT2D eigenvalue weighted by molar-refractivity contribution is 9.11. The Hall–Kier alpha value is -1.34. The van der Waals surface area contributed by atoms with Crippen molar-refractivity contribution in [2.45, 2.75) is 0 Å². The Balaban J connectivity index is 1.77. The van der Waals surface area contributed by atoms with Gasteiger partial charge in [0.25, 0.3) is 5.91 Å². The Bertz CT molecular complexity index is 967. The molecule has 4 nitrogen and oxygen atoms in total. The molecule has 0 fully saturated rings. The average Bonchev–Trinajstić information content (AvgIpc) is 2.57. The summed E-state index contributed by atoms with van der Waals surface area (Å²) >= 11 is 18.8. The number of anilines is 1. The number of carbonyl (C=O) groups is 1. The number of nitrogens with one attached hydrogen (secondary N) is 1. The molecular formula is C17H10Br2Cl2N2O2. The first-order valence-corrected chi connectivity index (χ1v) is 9.40. The predicted octanol–water partition coefficient (Wildman–Crippen LogP) is 6.08. The lowest BCUT2D eigenvalue weighted by atomic mass is 10.2. The summed E-state index contributed by atoms with van der Waals surface area (Å²) in [5, 5.41) is 4.43. The van der Waals surface area contributed by atoms with Crippen LogP contribution in [0, 0.1) is 0 Å². The molecule has 0 spiro atoms. The van der Waals surface area contributed by atoms with Crippen LogP contribution in [0.4, 0.5) is 5.69 Å². The van der Waals surface area contributed by atoms with Gasteiger partial charge in [0.2, 0.25) is 0 Å². The molecule has 1 N–H and O–H groups in total. The molecule has 0 unspecified atom stereocenters.